The van der Waals surface area contributed by atoms with Crippen LogP contribution in [0.5, 0.6) is 5.75 Å². The summed E-state index contributed by atoms with van der Waals surface area (Å²) in [4.78, 5) is 2.24. The second-order valence-electron chi connectivity index (χ2n) is 4.65. The monoisotopic (exact) mass is 251 g/mol. The van der Waals surface area contributed by atoms with Crippen LogP contribution in [0.15, 0.2) is 18.2 Å². The van der Waals surface area contributed by atoms with Crippen LogP contribution in [0.2, 0.25) is 0 Å². The SMILES string of the molecule is CCC(CC)N(C)c1cccc(OC)c1[C@H](C)O. The molecule has 0 aliphatic carbocycles. The predicted octanol–water partition coefficient (Wildman–Crippen LogP) is 3.37. The summed E-state index contributed by atoms with van der Waals surface area (Å²) < 4.78 is 5.36. The summed E-state index contributed by atoms with van der Waals surface area (Å²) in [6.45, 7) is 6.15. The van der Waals surface area contributed by atoms with Crippen molar-refractivity contribution in [2.75, 3.05) is 19.1 Å². The van der Waals surface area contributed by atoms with Gasteiger partial charge in [0.25, 0.3) is 0 Å². The zero-order valence-electron chi connectivity index (χ0n) is 12.1. The molecule has 102 valence electrons. The summed E-state index contributed by atoms with van der Waals surface area (Å²) in [5, 5.41) is 9.99. The van der Waals surface area contributed by atoms with E-state index in [1.807, 2.05) is 18.2 Å². The van der Waals surface area contributed by atoms with Crippen molar-refractivity contribution in [3.8, 4) is 5.75 Å². The van der Waals surface area contributed by atoms with Gasteiger partial charge in [0.05, 0.1) is 13.2 Å². The highest BCUT2D eigenvalue weighted by molar-refractivity contribution is 5.60. The summed E-state index contributed by atoms with van der Waals surface area (Å²) in [6, 6.07) is 6.39. The van der Waals surface area contributed by atoms with Gasteiger partial charge in [-0.05, 0) is 31.9 Å². The van der Waals surface area contributed by atoms with Gasteiger partial charge < -0.3 is 14.7 Å². The Morgan fingerprint density at radius 1 is 1.28 bits per heavy atom. The molecule has 1 N–H and O–H groups in total. The summed E-state index contributed by atoms with van der Waals surface area (Å²) in [5.41, 5.74) is 1.92. The van der Waals surface area contributed by atoms with E-state index >= 15 is 0 Å². The lowest BCUT2D eigenvalue weighted by Crippen LogP contribution is -2.31. The molecule has 3 heteroatoms. The Morgan fingerprint density at radius 3 is 2.33 bits per heavy atom. The molecule has 0 amide bonds. The van der Waals surface area contributed by atoms with Crippen LogP contribution >= 0.6 is 0 Å². The number of nitrogens with zero attached hydrogens (tertiary/aromatic N) is 1. The first-order chi connectivity index (χ1) is 8.56. The average Bonchev–Trinajstić information content (AvgIpc) is 2.38. The quantitative estimate of drug-likeness (QED) is 0.841. The number of hydrogen-bond acceptors (Lipinski definition) is 3. The molecule has 0 saturated heterocycles. The minimum absolute atomic E-state index is 0.481. The van der Waals surface area contributed by atoms with Crippen molar-refractivity contribution in [2.24, 2.45) is 0 Å². The lowest BCUT2D eigenvalue weighted by atomic mass is 10.0. The van der Waals surface area contributed by atoms with Gasteiger partial charge in [0.2, 0.25) is 0 Å². The van der Waals surface area contributed by atoms with E-state index in [0.29, 0.717) is 6.04 Å². The van der Waals surface area contributed by atoms with Crippen LogP contribution in [0.1, 0.15) is 45.3 Å². The Morgan fingerprint density at radius 2 is 1.89 bits per heavy atom. The fourth-order valence-corrected chi connectivity index (χ4v) is 2.47. The van der Waals surface area contributed by atoms with E-state index in [-0.39, 0.29) is 0 Å². The second-order valence-corrected chi connectivity index (χ2v) is 4.65. The van der Waals surface area contributed by atoms with E-state index in [2.05, 4.69) is 25.8 Å². The number of aliphatic hydroxyl groups is 1. The van der Waals surface area contributed by atoms with Crippen LogP contribution in [0, 0.1) is 0 Å². The lowest BCUT2D eigenvalue weighted by Gasteiger charge is -2.31. The number of methoxy groups -OCH3 is 1. The number of aliphatic hydroxyl groups excluding tert-OH is 1. The Bertz CT molecular complexity index is 373. The molecule has 0 radical (unpaired) electrons. The van der Waals surface area contributed by atoms with Crippen molar-refractivity contribution in [3.05, 3.63) is 23.8 Å². The molecule has 0 heterocycles. The zero-order valence-corrected chi connectivity index (χ0v) is 12.1. The molecule has 1 aromatic rings. The smallest absolute Gasteiger partial charge is 0.126 e. The molecular weight excluding hydrogens is 226 g/mol. The summed E-state index contributed by atoms with van der Waals surface area (Å²) in [6.07, 6.45) is 1.64. The van der Waals surface area contributed by atoms with Crippen LogP contribution in [-0.4, -0.2) is 25.3 Å². The predicted molar refractivity (Wildman–Crippen MR) is 76.4 cm³/mol. The van der Waals surface area contributed by atoms with Crippen LogP contribution in [0.25, 0.3) is 0 Å². The molecule has 18 heavy (non-hydrogen) atoms. The van der Waals surface area contributed by atoms with Crippen molar-refractivity contribution in [3.63, 3.8) is 0 Å². The fourth-order valence-electron chi connectivity index (χ4n) is 2.47. The van der Waals surface area contributed by atoms with Crippen molar-refractivity contribution in [1.29, 1.82) is 0 Å². The van der Waals surface area contributed by atoms with Gasteiger partial charge in [-0.2, -0.15) is 0 Å². The van der Waals surface area contributed by atoms with Gasteiger partial charge >= 0.3 is 0 Å². The van der Waals surface area contributed by atoms with E-state index in [0.717, 1.165) is 29.8 Å². The molecule has 0 aliphatic heterocycles. The molecule has 1 atom stereocenters. The highest BCUT2D eigenvalue weighted by Gasteiger charge is 2.20. The number of hydrogen-bond donors (Lipinski definition) is 1. The van der Waals surface area contributed by atoms with Crippen LogP contribution < -0.4 is 9.64 Å². The van der Waals surface area contributed by atoms with E-state index < -0.39 is 6.10 Å². The normalized spacial score (nSPS) is 12.6. The van der Waals surface area contributed by atoms with Gasteiger partial charge in [-0.3, -0.25) is 0 Å². The third-order valence-corrected chi connectivity index (χ3v) is 3.55. The summed E-state index contributed by atoms with van der Waals surface area (Å²) >= 11 is 0. The molecule has 1 rings (SSSR count). The third-order valence-electron chi connectivity index (χ3n) is 3.55. The third kappa shape index (κ3) is 2.96. The Kier molecular flexibility index (Phi) is 5.48. The number of anilines is 1. The molecule has 3 nitrogen and oxygen atoms in total. The molecule has 0 bridgehead atoms. The molecule has 1 aromatic carbocycles. The Hall–Kier alpha value is -1.22. The van der Waals surface area contributed by atoms with Crippen molar-refractivity contribution in [1.82, 2.24) is 0 Å². The number of benzene rings is 1. The van der Waals surface area contributed by atoms with Crippen LogP contribution in [0.3, 0.4) is 0 Å². The van der Waals surface area contributed by atoms with Crippen molar-refractivity contribution >= 4 is 5.69 Å². The van der Waals surface area contributed by atoms with E-state index in [1.54, 1.807) is 14.0 Å². The maximum atomic E-state index is 9.99. The molecule has 0 unspecified atom stereocenters. The van der Waals surface area contributed by atoms with Crippen LogP contribution in [0.4, 0.5) is 5.69 Å². The highest BCUT2D eigenvalue weighted by Crippen LogP contribution is 2.35. The van der Waals surface area contributed by atoms with Gasteiger partial charge in [0.15, 0.2) is 0 Å². The van der Waals surface area contributed by atoms with Gasteiger partial charge in [-0.25, -0.2) is 0 Å². The maximum absolute atomic E-state index is 9.99. The largest absolute Gasteiger partial charge is 0.496 e. The molecule has 0 saturated carbocycles. The van der Waals surface area contributed by atoms with Crippen molar-refractivity contribution < 1.29 is 9.84 Å². The first-order valence-corrected chi connectivity index (χ1v) is 6.64. The Balaban J connectivity index is 3.22. The first-order valence-electron chi connectivity index (χ1n) is 6.64. The lowest BCUT2D eigenvalue weighted by molar-refractivity contribution is 0.194. The van der Waals surface area contributed by atoms with Crippen LogP contribution in [-0.2, 0) is 0 Å². The maximum Gasteiger partial charge on any atom is 0.126 e. The van der Waals surface area contributed by atoms with E-state index in [1.165, 1.54) is 0 Å². The Labute approximate surface area is 110 Å². The standard InChI is InChI=1S/C15H25NO2/c1-6-12(7-2)16(4)13-9-8-10-14(18-5)15(13)11(3)17/h8-12,17H,6-7H2,1-5H3/t11-/m0/s1. The first kappa shape index (κ1) is 14.8. The summed E-state index contributed by atoms with van der Waals surface area (Å²) in [5.74, 6) is 0.750. The van der Waals surface area contributed by atoms with E-state index in [4.69, 9.17) is 4.74 Å². The number of ether oxygens (including phenoxy) is 1. The van der Waals surface area contributed by atoms with Gasteiger partial charge in [0.1, 0.15) is 5.75 Å². The van der Waals surface area contributed by atoms with Gasteiger partial charge in [0, 0.05) is 24.3 Å². The second kappa shape index (κ2) is 6.64. The molecule has 0 spiro atoms. The highest BCUT2D eigenvalue weighted by atomic mass is 16.5. The van der Waals surface area contributed by atoms with Crippen molar-refractivity contribution in [2.45, 2.75) is 45.8 Å². The summed E-state index contributed by atoms with van der Waals surface area (Å²) in [7, 11) is 3.72. The topological polar surface area (TPSA) is 32.7 Å². The average molecular weight is 251 g/mol. The van der Waals surface area contributed by atoms with Gasteiger partial charge in [-0.1, -0.05) is 19.9 Å². The molecule has 0 fully saturated rings. The minimum atomic E-state index is -0.534. The molecule has 0 aliphatic rings. The zero-order chi connectivity index (χ0) is 13.7. The van der Waals surface area contributed by atoms with Gasteiger partial charge in [-0.15, -0.1) is 0 Å². The van der Waals surface area contributed by atoms with E-state index in [9.17, 15) is 5.11 Å². The molecule has 0 aromatic heterocycles. The number of rotatable bonds is 6. The minimum Gasteiger partial charge on any atom is -0.496 e. The fraction of sp³-hybridized carbons (Fsp3) is 0.600. The molecular formula is C15H25NO2.